The third-order valence-corrected chi connectivity index (χ3v) is 7.26. The number of nitrogens with zero attached hydrogens (tertiary/aromatic N) is 3. The predicted molar refractivity (Wildman–Crippen MR) is 121 cm³/mol. The second-order valence-corrected chi connectivity index (χ2v) is 9.50. The van der Waals surface area contributed by atoms with Gasteiger partial charge in [-0.3, -0.25) is 14.9 Å². The molecule has 0 bridgehead atoms. The summed E-state index contributed by atoms with van der Waals surface area (Å²) < 4.78 is 31.9. The summed E-state index contributed by atoms with van der Waals surface area (Å²) in [5, 5.41) is 13.6. The Hall–Kier alpha value is -3.18. The van der Waals surface area contributed by atoms with Crippen LogP contribution in [-0.4, -0.2) is 69.1 Å². The topological polar surface area (TPSA) is 122 Å². The van der Waals surface area contributed by atoms with Crippen LogP contribution < -0.4 is 15.0 Å². The highest BCUT2D eigenvalue weighted by Crippen LogP contribution is 2.21. The maximum atomic E-state index is 12.7. The van der Waals surface area contributed by atoms with Crippen LogP contribution in [-0.2, 0) is 10.0 Å². The molecule has 0 atom stereocenters. The Balaban J connectivity index is 1.51. The molecule has 0 spiro atoms. The van der Waals surface area contributed by atoms with E-state index in [2.05, 4.69) is 10.2 Å². The van der Waals surface area contributed by atoms with Crippen LogP contribution in [0.3, 0.4) is 0 Å². The van der Waals surface area contributed by atoms with E-state index in [4.69, 9.17) is 4.74 Å². The van der Waals surface area contributed by atoms with E-state index < -0.39 is 20.9 Å². The van der Waals surface area contributed by atoms with Crippen LogP contribution in [0.15, 0.2) is 42.5 Å². The van der Waals surface area contributed by atoms with Crippen molar-refractivity contribution in [2.75, 3.05) is 50.5 Å². The minimum absolute atomic E-state index is 0.0818. The quantitative estimate of drug-likeness (QED) is 0.469. The lowest BCUT2D eigenvalue weighted by Crippen LogP contribution is -2.50. The average Bonchev–Trinajstić information content (AvgIpc) is 2.79. The minimum atomic E-state index is -3.54. The molecule has 0 radical (unpaired) electrons. The second-order valence-electron chi connectivity index (χ2n) is 7.41. The summed E-state index contributed by atoms with van der Waals surface area (Å²) in [4.78, 5) is 24.9. The van der Waals surface area contributed by atoms with Gasteiger partial charge in [0.05, 0.1) is 17.8 Å². The lowest BCUT2D eigenvalue weighted by molar-refractivity contribution is -0.385. The summed E-state index contributed by atoms with van der Waals surface area (Å²) in [5.74, 6) is -0.0280. The number of rotatable bonds is 8. The van der Waals surface area contributed by atoms with Crippen molar-refractivity contribution in [1.29, 1.82) is 0 Å². The summed E-state index contributed by atoms with van der Waals surface area (Å²) in [7, 11) is -1.94. The van der Waals surface area contributed by atoms with E-state index in [1.165, 1.54) is 22.5 Å². The highest BCUT2D eigenvalue weighted by atomic mass is 32.2. The van der Waals surface area contributed by atoms with Crippen LogP contribution in [0.1, 0.15) is 15.9 Å². The molecule has 2 aromatic carbocycles. The van der Waals surface area contributed by atoms with Crippen molar-refractivity contribution in [3.05, 3.63) is 63.7 Å². The molecule has 172 valence electrons. The van der Waals surface area contributed by atoms with Crippen LogP contribution in [0.4, 0.5) is 11.4 Å². The fourth-order valence-corrected chi connectivity index (χ4v) is 4.83. The van der Waals surface area contributed by atoms with Crippen molar-refractivity contribution >= 4 is 27.3 Å². The maximum Gasteiger partial charge on any atom is 0.273 e. The number of nitro groups is 1. The molecule has 2 aromatic rings. The number of ether oxygens (including phenoxy) is 1. The van der Waals surface area contributed by atoms with Gasteiger partial charge >= 0.3 is 0 Å². The van der Waals surface area contributed by atoms with Gasteiger partial charge in [0.25, 0.3) is 11.6 Å². The standard InChI is InChI=1S/C21H26N4O6S/c1-16-3-4-17(15-20(16)25(27)28)21(26)22-9-14-32(29,30)24-12-10-23(11-13-24)18-5-7-19(31-2)8-6-18/h3-8,15H,9-14H2,1-2H3,(H,22,26). The lowest BCUT2D eigenvalue weighted by atomic mass is 10.1. The van der Waals surface area contributed by atoms with Crippen LogP contribution in [0.2, 0.25) is 0 Å². The van der Waals surface area contributed by atoms with Gasteiger partial charge in [0.2, 0.25) is 10.0 Å². The summed E-state index contributed by atoms with van der Waals surface area (Å²) in [6.45, 7) is 3.33. The smallest absolute Gasteiger partial charge is 0.273 e. The minimum Gasteiger partial charge on any atom is -0.497 e. The van der Waals surface area contributed by atoms with Gasteiger partial charge in [-0.2, -0.15) is 4.31 Å². The number of benzene rings is 2. The van der Waals surface area contributed by atoms with Gasteiger partial charge in [-0.05, 0) is 37.3 Å². The molecule has 32 heavy (non-hydrogen) atoms. The Kier molecular flexibility index (Phi) is 7.31. The molecule has 1 saturated heterocycles. The summed E-state index contributed by atoms with van der Waals surface area (Å²) in [6, 6.07) is 11.8. The number of aryl methyl sites for hydroxylation is 1. The first-order valence-corrected chi connectivity index (χ1v) is 11.7. The molecule has 1 aliphatic rings. The van der Waals surface area contributed by atoms with Gasteiger partial charge in [0.15, 0.2) is 0 Å². The number of hydrogen-bond acceptors (Lipinski definition) is 7. The molecule has 0 aromatic heterocycles. The van der Waals surface area contributed by atoms with Crippen molar-refractivity contribution in [3.8, 4) is 5.75 Å². The molecular formula is C21H26N4O6S. The van der Waals surface area contributed by atoms with Crippen molar-refractivity contribution in [1.82, 2.24) is 9.62 Å². The number of nitro benzene ring substituents is 1. The Morgan fingerprint density at radius 1 is 1.12 bits per heavy atom. The summed E-state index contributed by atoms with van der Waals surface area (Å²) in [6.07, 6.45) is 0. The Morgan fingerprint density at radius 2 is 1.78 bits per heavy atom. The fraction of sp³-hybridized carbons (Fsp3) is 0.381. The molecular weight excluding hydrogens is 436 g/mol. The van der Waals surface area contributed by atoms with Gasteiger partial charge in [-0.15, -0.1) is 0 Å². The fourth-order valence-electron chi connectivity index (χ4n) is 3.49. The highest BCUT2D eigenvalue weighted by Gasteiger charge is 2.27. The van der Waals surface area contributed by atoms with E-state index >= 15 is 0 Å². The second kappa shape index (κ2) is 9.96. The molecule has 10 nitrogen and oxygen atoms in total. The number of amides is 1. The van der Waals surface area contributed by atoms with Crippen molar-refractivity contribution in [2.24, 2.45) is 0 Å². The van der Waals surface area contributed by atoms with E-state index in [0.29, 0.717) is 31.7 Å². The number of anilines is 1. The predicted octanol–water partition coefficient (Wildman–Crippen LogP) is 1.79. The molecule has 3 rings (SSSR count). The molecule has 1 aliphatic heterocycles. The Morgan fingerprint density at radius 3 is 2.38 bits per heavy atom. The van der Waals surface area contributed by atoms with Gasteiger partial charge < -0.3 is 15.0 Å². The Bertz CT molecular complexity index is 1080. The van der Waals surface area contributed by atoms with Crippen molar-refractivity contribution in [2.45, 2.75) is 6.92 Å². The van der Waals surface area contributed by atoms with E-state index in [9.17, 15) is 23.3 Å². The first kappa shape index (κ1) is 23.5. The van der Waals surface area contributed by atoms with Crippen LogP contribution in [0, 0.1) is 17.0 Å². The molecule has 1 amide bonds. The number of piperazine rings is 1. The monoisotopic (exact) mass is 462 g/mol. The number of sulfonamides is 1. The summed E-state index contributed by atoms with van der Waals surface area (Å²) >= 11 is 0. The number of carbonyl (C=O) groups excluding carboxylic acids is 1. The maximum absolute atomic E-state index is 12.7. The van der Waals surface area contributed by atoms with Gasteiger partial charge in [0.1, 0.15) is 5.75 Å². The van der Waals surface area contributed by atoms with Crippen LogP contribution >= 0.6 is 0 Å². The highest BCUT2D eigenvalue weighted by molar-refractivity contribution is 7.89. The largest absolute Gasteiger partial charge is 0.497 e. The molecule has 0 unspecified atom stereocenters. The number of nitrogens with one attached hydrogen (secondary N) is 1. The first-order valence-electron chi connectivity index (χ1n) is 10.1. The van der Waals surface area contributed by atoms with E-state index in [-0.39, 0.29) is 23.5 Å². The molecule has 1 heterocycles. The normalized spacial score (nSPS) is 14.8. The zero-order valence-electron chi connectivity index (χ0n) is 18.0. The van der Waals surface area contributed by atoms with E-state index in [1.807, 2.05) is 24.3 Å². The van der Waals surface area contributed by atoms with Crippen LogP contribution in [0.5, 0.6) is 5.75 Å². The van der Waals surface area contributed by atoms with E-state index in [1.54, 1.807) is 14.0 Å². The van der Waals surface area contributed by atoms with Gasteiger partial charge in [-0.1, -0.05) is 6.07 Å². The Labute approximate surface area is 187 Å². The number of hydrogen-bond donors (Lipinski definition) is 1. The molecule has 0 saturated carbocycles. The summed E-state index contributed by atoms with van der Waals surface area (Å²) in [5.41, 5.74) is 1.41. The molecule has 1 N–H and O–H groups in total. The molecule has 1 fully saturated rings. The van der Waals surface area contributed by atoms with Crippen LogP contribution in [0.25, 0.3) is 0 Å². The van der Waals surface area contributed by atoms with Gasteiger partial charge in [0, 0.05) is 55.6 Å². The van der Waals surface area contributed by atoms with Crippen molar-refractivity contribution < 1.29 is 22.9 Å². The third-order valence-electron chi connectivity index (χ3n) is 5.38. The number of methoxy groups -OCH3 is 1. The SMILES string of the molecule is COc1ccc(N2CCN(S(=O)(=O)CCNC(=O)c3ccc(C)c([N+](=O)[O-])c3)CC2)cc1. The van der Waals surface area contributed by atoms with Crippen molar-refractivity contribution in [3.63, 3.8) is 0 Å². The van der Waals surface area contributed by atoms with E-state index in [0.717, 1.165) is 11.4 Å². The number of carbonyl (C=O) groups is 1. The zero-order valence-corrected chi connectivity index (χ0v) is 18.8. The van der Waals surface area contributed by atoms with Gasteiger partial charge in [-0.25, -0.2) is 8.42 Å². The average molecular weight is 463 g/mol. The molecule has 11 heteroatoms. The third kappa shape index (κ3) is 5.54. The first-order chi connectivity index (χ1) is 15.2. The molecule has 0 aliphatic carbocycles. The lowest BCUT2D eigenvalue weighted by Gasteiger charge is -2.35. The zero-order chi connectivity index (χ0) is 23.3.